The number of carbonyl (C=O) groups excluding carboxylic acids is 4. The number of hydrogen-bond donors (Lipinski definition) is 6. The average Bonchev–Trinajstić information content (AvgIpc) is 3.40. The van der Waals surface area contributed by atoms with Gasteiger partial charge in [-0.2, -0.15) is 0 Å². The van der Waals surface area contributed by atoms with Gasteiger partial charge in [-0.1, -0.05) is 0 Å². The van der Waals surface area contributed by atoms with Crippen LogP contribution in [0.3, 0.4) is 0 Å². The molecule has 3 atom stereocenters. The molecule has 1 saturated heterocycles. The van der Waals surface area contributed by atoms with Crippen molar-refractivity contribution in [2.24, 2.45) is 11.5 Å². The number of nitrogens with zero attached hydrogens (tertiary/aromatic N) is 2. The van der Waals surface area contributed by atoms with Crippen LogP contribution in [0.25, 0.3) is 0 Å². The van der Waals surface area contributed by atoms with Crippen molar-refractivity contribution in [3.63, 3.8) is 0 Å². The number of amides is 4. The first-order chi connectivity index (χ1) is 14.7. The Kier molecular flexibility index (Phi) is 8.49. The predicted molar refractivity (Wildman–Crippen MR) is 106 cm³/mol. The maximum Gasteiger partial charge on any atom is 0.326 e. The summed E-state index contributed by atoms with van der Waals surface area (Å²) < 4.78 is 0. The second-order valence-corrected chi connectivity index (χ2v) is 7.26. The molecule has 0 aromatic carbocycles. The summed E-state index contributed by atoms with van der Waals surface area (Å²) >= 11 is 0. The van der Waals surface area contributed by atoms with Crippen LogP contribution >= 0.6 is 0 Å². The number of rotatable bonds is 11. The number of carboxylic acids is 1. The zero-order chi connectivity index (χ0) is 23.0. The normalized spacial score (nSPS) is 17.6. The van der Waals surface area contributed by atoms with E-state index in [4.69, 9.17) is 11.5 Å². The Hall–Kier alpha value is -3.48. The molecule has 1 aromatic heterocycles. The molecular weight excluding hydrogens is 410 g/mol. The van der Waals surface area contributed by atoms with Crippen LogP contribution in [0.1, 0.15) is 31.4 Å². The third-order valence-electron chi connectivity index (χ3n) is 4.89. The van der Waals surface area contributed by atoms with Gasteiger partial charge in [-0.25, -0.2) is 9.78 Å². The minimum atomic E-state index is -1.14. The van der Waals surface area contributed by atoms with E-state index in [1.165, 1.54) is 17.4 Å². The SMILES string of the molecule is NC(=O)CCC(NC(=O)CNC(=O)C(N)Cc1cnc[nH]1)C(=O)N1CCCC1C(=O)O. The zero-order valence-electron chi connectivity index (χ0n) is 16.9. The number of H-pyrrole nitrogens is 1. The molecular formula is C18H27N7O6. The molecule has 13 heteroatoms. The molecule has 2 rings (SSSR count). The third-order valence-corrected chi connectivity index (χ3v) is 4.89. The van der Waals surface area contributed by atoms with Gasteiger partial charge in [-0.3, -0.25) is 19.2 Å². The van der Waals surface area contributed by atoms with Gasteiger partial charge in [0.25, 0.3) is 0 Å². The highest BCUT2D eigenvalue weighted by Crippen LogP contribution is 2.19. The van der Waals surface area contributed by atoms with Crippen LogP contribution in [-0.2, 0) is 30.4 Å². The molecule has 0 spiro atoms. The summed E-state index contributed by atoms with van der Waals surface area (Å²) in [6.07, 6.45) is 3.73. The summed E-state index contributed by atoms with van der Waals surface area (Å²) in [5, 5.41) is 14.1. The van der Waals surface area contributed by atoms with Gasteiger partial charge in [0, 0.05) is 31.3 Å². The van der Waals surface area contributed by atoms with E-state index in [1.54, 1.807) is 0 Å². The van der Waals surface area contributed by atoms with Crippen LogP contribution in [0.4, 0.5) is 0 Å². The lowest BCUT2D eigenvalue weighted by Crippen LogP contribution is -2.54. The highest BCUT2D eigenvalue weighted by molar-refractivity contribution is 5.93. The van der Waals surface area contributed by atoms with Crippen molar-refractivity contribution in [2.45, 2.75) is 50.2 Å². The number of aliphatic carboxylic acids is 1. The number of aromatic nitrogens is 2. The number of primary amides is 1. The summed E-state index contributed by atoms with van der Waals surface area (Å²) in [7, 11) is 0. The second-order valence-electron chi connectivity index (χ2n) is 7.26. The highest BCUT2D eigenvalue weighted by Gasteiger charge is 2.37. The molecule has 4 amide bonds. The minimum Gasteiger partial charge on any atom is -0.480 e. The van der Waals surface area contributed by atoms with Crippen LogP contribution in [0.2, 0.25) is 0 Å². The Morgan fingerprint density at radius 3 is 2.68 bits per heavy atom. The van der Waals surface area contributed by atoms with Gasteiger partial charge in [0.1, 0.15) is 12.1 Å². The fourth-order valence-electron chi connectivity index (χ4n) is 3.30. The van der Waals surface area contributed by atoms with E-state index in [0.717, 1.165) is 0 Å². The van der Waals surface area contributed by atoms with Gasteiger partial charge in [-0.05, 0) is 19.3 Å². The van der Waals surface area contributed by atoms with Crippen LogP contribution in [0.15, 0.2) is 12.5 Å². The first-order valence-electron chi connectivity index (χ1n) is 9.80. The lowest BCUT2D eigenvalue weighted by Gasteiger charge is -2.27. The quantitative estimate of drug-likeness (QED) is 0.212. The number of imidazole rings is 1. The van der Waals surface area contributed by atoms with Crippen molar-refractivity contribution in [3.8, 4) is 0 Å². The van der Waals surface area contributed by atoms with E-state index in [0.29, 0.717) is 18.5 Å². The summed E-state index contributed by atoms with van der Waals surface area (Å²) in [4.78, 5) is 67.5. The Morgan fingerprint density at radius 1 is 1.32 bits per heavy atom. The number of aromatic amines is 1. The number of nitrogens with one attached hydrogen (secondary N) is 3. The van der Waals surface area contributed by atoms with E-state index in [-0.39, 0.29) is 25.8 Å². The lowest BCUT2D eigenvalue weighted by molar-refractivity contribution is -0.149. The van der Waals surface area contributed by atoms with Gasteiger partial charge in [0.15, 0.2) is 0 Å². The number of carbonyl (C=O) groups is 5. The van der Waals surface area contributed by atoms with E-state index in [9.17, 15) is 29.1 Å². The van der Waals surface area contributed by atoms with Crippen molar-refractivity contribution in [2.75, 3.05) is 13.1 Å². The molecule has 1 aliphatic rings. The van der Waals surface area contributed by atoms with Crippen LogP contribution in [-0.4, -0.2) is 80.8 Å². The molecule has 13 nitrogen and oxygen atoms in total. The van der Waals surface area contributed by atoms with Gasteiger partial charge < -0.3 is 37.1 Å². The largest absolute Gasteiger partial charge is 0.480 e. The molecule has 0 bridgehead atoms. The van der Waals surface area contributed by atoms with Crippen LogP contribution in [0.5, 0.6) is 0 Å². The molecule has 31 heavy (non-hydrogen) atoms. The lowest BCUT2D eigenvalue weighted by atomic mass is 10.1. The van der Waals surface area contributed by atoms with Gasteiger partial charge in [0.2, 0.25) is 23.6 Å². The van der Waals surface area contributed by atoms with Crippen molar-refractivity contribution in [1.29, 1.82) is 0 Å². The van der Waals surface area contributed by atoms with E-state index in [1.807, 2.05) is 0 Å². The van der Waals surface area contributed by atoms with Crippen LogP contribution in [0, 0.1) is 0 Å². The minimum absolute atomic E-state index is 0.0873. The van der Waals surface area contributed by atoms with E-state index in [2.05, 4.69) is 20.6 Å². The first kappa shape index (κ1) is 23.8. The molecule has 2 heterocycles. The average molecular weight is 437 g/mol. The fraction of sp³-hybridized carbons (Fsp3) is 0.556. The van der Waals surface area contributed by atoms with Crippen molar-refractivity contribution in [3.05, 3.63) is 18.2 Å². The smallest absolute Gasteiger partial charge is 0.326 e. The van der Waals surface area contributed by atoms with Crippen molar-refractivity contribution in [1.82, 2.24) is 25.5 Å². The maximum atomic E-state index is 12.8. The Morgan fingerprint density at radius 2 is 2.06 bits per heavy atom. The zero-order valence-corrected chi connectivity index (χ0v) is 16.9. The number of hydrogen-bond acceptors (Lipinski definition) is 7. The Balaban J connectivity index is 1.92. The molecule has 8 N–H and O–H groups in total. The third kappa shape index (κ3) is 7.06. The van der Waals surface area contributed by atoms with Gasteiger partial charge in [-0.15, -0.1) is 0 Å². The Bertz CT molecular complexity index is 812. The number of carboxylic acid groups (broad SMARTS) is 1. The van der Waals surface area contributed by atoms with E-state index >= 15 is 0 Å². The molecule has 3 unspecified atom stereocenters. The maximum absolute atomic E-state index is 12.8. The molecule has 1 fully saturated rings. The number of nitrogens with two attached hydrogens (primary N) is 2. The molecule has 1 aromatic rings. The monoisotopic (exact) mass is 437 g/mol. The van der Waals surface area contributed by atoms with Crippen molar-refractivity contribution < 1.29 is 29.1 Å². The number of likely N-dealkylation sites (tertiary alicyclic amines) is 1. The van der Waals surface area contributed by atoms with Crippen LogP contribution < -0.4 is 22.1 Å². The summed E-state index contributed by atoms with van der Waals surface area (Å²) in [5.41, 5.74) is 11.6. The highest BCUT2D eigenvalue weighted by atomic mass is 16.4. The molecule has 170 valence electrons. The van der Waals surface area contributed by atoms with Gasteiger partial charge >= 0.3 is 5.97 Å². The van der Waals surface area contributed by atoms with E-state index < -0.39 is 54.3 Å². The van der Waals surface area contributed by atoms with Gasteiger partial charge in [0.05, 0.1) is 18.9 Å². The molecule has 1 aliphatic heterocycles. The molecule has 0 radical (unpaired) electrons. The summed E-state index contributed by atoms with van der Waals surface area (Å²) in [6.45, 7) is -0.212. The molecule has 0 aliphatic carbocycles. The van der Waals surface area contributed by atoms with Crippen molar-refractivity contribution >= 4 is 29.6 Å². The summed E-state index contributed by atoms with van der Waals surface area (Å²) in [5.74, 6) is -3.67. The predicted octanol–water partition coefficient (Wildman–Crippen LogP) is -2.78. The standard InChI is InChI=1S/C18H27N7O6/c19-11(6-10-7-21-9-23-10)16(28)22-8-15(27)24-12(3-4-14(20)26)17(29)25-5-1-2-13(25)18(30)31/h7,9,11-13H,1-6,8,19H2,(H2,20,26)(H,21,23)(H,22,28)(H,24,27)(H,30,31). The Labute approximate surface area is 177 Å². The summed E-state index contributed by atoms with van der Waals surface area (Å²) in [6, 6.07) is -3.04. The molecule has 0 saturated carbocycles. The fourth-order valence-corrected chi connectivity index (χ4v) is 3.30. The topological polar surface area (TPSA) is 214 Å². The first-order valence-corrected chi connectivity index (χ1v) is 9.80. The second kappa shape index (κ2) is 11.1.